The highest BCUT2D eigenvalue weighted by molar-refractivity contribution is 5.83. The maximum absolute atomic E-state index is 11.7. The summed E-state index contributed by atoms with van der Waals surface area (Å²) in [6, 6.07) is 8.59. The van der Waals surface area contributed by atoms with E-state index >= 15 is 0 Å². The number of amides is 2. The molecule has 0 saturated carbocycles. The number of hydrogen-bond acceptors (Lipinski definition) is 3. The lowest BCUT2D eigenvalue weighted by Crippen LogP contribution is -2.40. The molecule has 6 heteroatoms. The third kappa shape index (κ3) is 3.61. The van der Waals surface area contributed by atoms with Gasteiger partial charge in [0.25, 0.3) is 0 Å². The van der Waals surface area contributed by atoms with Crippen LogP contribution in [0.1, 0.15) is 17.2 Å². The number of carboxylic acid groups (broad SMARTS) is 1. The van der Waals surface area contributed by atoms with Crippen LogP contribution in [0.2, 0.25) is 0 Å². The summed E-state index contributed by atoms with van der Waals surface area (Å²) >= 11 is 0. The molecule has 1 aromatic carbocycles. The van der Waals surface area contributed by atoms with Crippen LogP contribution in [-0.4, -0.2) is 17.1 Å². The molecule has 0 bridgehead atoms. The molecule has 0 aliphatic rings. The number of furan rings is 1. The number of carboxylic acids is 1. The molecule has 0 aliphatic heterocycles. The molecular weight excluding hydrogens is 260 g/mol. The molecule has 0 aliphatic carbocycles. The van der Waals surface area contributed by atoms with Gasteiger partial charge >= 0.3 is 12.0 Å². The fraction of sp³-hybridized carbons (Fsp3) is 0.143. The van der Waals surface area contributed by atoms with Crippen LogP contribution in [0.3, 0.4) is 0 Å². The first kappa shape index (κ1) is 13.7. The molecule has 0 fully saturated rings. The van der Waals surface area contributed by atoms with Crippen molar-refractivity contribution in [3.8, 4) is 0 Å². The van der Waals surface area contributed by atoms with Gasteiger partial charge in [-0.1, -0.05) is 30.3 Å². The highest BCUT2D eigenvalue weighted by Gasteiger charge is 2.21. The van der Waals surface area contributed by atoms with Crippen molar-refractivity contribution in [2.24, 2.45) is 0 Å². The average molecular weight is 274 g/mol. The van der Waals surface area contributed by atoms with E-state index in [1.54, 1.807) is 36.4 Å². The summed E-state index contributed by atoms with van der Waals surface area (Å²) in [5.41, 5.74) is 1.31. The Morgan fingerprint density at radius 3 is 2.55 bits per heavy atom. The van der Waals surface area contributed by atoms with E-state index in [1.807, 2.05) is 0 Å². The Morgan fingerprint density at radius 2 is 1.95 bits per heavy atom. The monoisotopic (exact) mass is 274 g/mol. The van der Waals surface area contributed by atoms with Gasteiger partial charge in [0, 0.05) is 12.1 Å². The molecular formula is C14H14N2O4. The quantitative estimate of drug-likeness (QED) is 0.776. The zero-order chi connectivity index (χ0) is 14.4. The number of benzene rings is 1. The SMILES string of the molecule is O=C(NCc1ccoc1)N[C@@H](C(=O)O)c1ccccc1. The van der Waals surface area contributed by atoms with Gasteiger partial charge in [0.05, 0.1) is 12.5 Å². The molecule has 0 unspecified atom stereocenters. The normalized spacial score (nSPS) is 11.6. The smallest absolute Gasteiger partial charge is 0.330 e. The highest BCUT2D eigenvalue weighted by Crippen LogP contribution is 2.12. The first-order valence-corrected chi connectivity index (χ1v) is 6.00. The van der Waals surface area contributed by atoms with Gasteiger partial charge in [-0.05, 0) is 11.6 Å². The van der Waals surface area contributed by atoms with Gasteiger partial charge in [-0.25, -0.2) is 9.59 Å². The maximum Gasteiger partial charge on any atom is 0.330 e. The van der Waals surface area contributed by atoms with Gasteiger partial charge in [0.1, 0.15) is 0 Å². The molecule has 2 aromatic rings. The van der Waals surface area contributed by atoms with Crippen LogP contribution < -0.4 is 10.6 Å². The number of urea groups is 1. The number of rotatable bonds is 5. The Hall–Kier alpha value is -2.76. The first-order valence-electron chi connectivity index (χ1n) is 6.00. The third-order valence-corrected chi connectivity index (χ3v) is 2.69. The summed E-state index contributed by atoms with van der Waals surface area (Å²) < 4.78 is 4.87. The first-order chi connectivity index (χ1) is 9.66. The zero-order valence-corrected chi connectivity index (χ0v) is 10.6. The number of aliphatic carboxylic acids is 1. The second kappa shape index (κ2) is 6.42. The minimum Gasteiger partial charge on any atom is -0.479 e. The Kier molecular flexibility index (Phi) is 4.39. The summed E-state index contributed by atoms with van der Waals surface area (Å²) in [6.45, 7) is 0.267. The Labute approximate surface area is 115 Å². The topological polar surface area (TPSA) is 91.6 Å². The molecule has 1 aromatic heterocycles. The van der Waals surface area contributed by atoms with E-state index < -0.39 is 18.0 Å². The van der Waals surface area contributed by atoms with Crippen molar-refractivity contribution in [1.82, 2.24) is 10.6 Å². The van der Waals surface area contributed by atoms with Crippen LogP contribution in [0.5, 0.6) is 0 Å². The zero-order valence-electron chi connectivity index (χ0n) is 10.6. The van der Waals surface area contributed by atoms with Gasteiger partial charge in [-0.3, -0.25) is 0 Å². The number of carbonyl (C=O) groups excluding carboxylic acids is 1. The lowest BCUT2D eigenvalue weighted by Gasteiger charge is -2.15. The molecule has 1 atom stereocenters. The number of carbonyl (C=O) groups is 2. The summed E-state index contributed by atoms with van der Waals surface area (Å²) in [6.07, 6.45) is 3.01. The van der Waals surface area contributed by atoms with Gasteiger partial charge in [-0.2, -0.15) is 0 Å². The average Bonchev–Trinajstić information content (AvgIpc) is 2.96. The molecule has 1 heterocycles. The van der Waals surface area contributed by atoms with E-state index in [1.165, 1.54) is 12.5 Å². The van der Waals surface area contributed by atoms with Gasteiger partial charge in [-0.15, -0.1) is 0 Å². The second-order valence-corrected chi connectivity index (χ2v) is 4.14. The van der Waals surface area contributed by atoms with Crippen molar-refractivity contribution in [2.75, 3.05) is 0 Å². The van der Waals surface area contributed by atoms with Crippen molar-refractivity contribution < 1.29 is 19.1 Å². The summed E-state index contributed by atoms with van der Waals surface area (Å²) in [7, 11) is 0. The van der Waals surface area contributed by atoms with Crippen molar-refractivity contribution in [3.05, 3.63) is 60.1 Å². The van der Waals surface area contributed by atoms with E-state index in [-0.39, 0.29) is 6.54 Å². The Bertz CT molecular complexity index is 566. The molecule has 0 saturated heterocycles. The minimum absolute atomic E-state index is 0.267. The van der Waals surface area contributed by atoms with Crippen LogP contribution >= 0.6 is 0 Å². The molecule has 104 valence electrons. The fourth-order valence-corrected chi connectivity index (χ4v) is 1.69. The minimum atomic E-state index is -1.12. The maximum atomic E-state index is 11.7. The molecule has 0 spiro atoms. The number of nitrogens with one attached hydrogen (secondary N) is 2. The van der Waals surface area contributed by atoms with Gasteiger partial charge in [0.2, 0.25) is 0 Å². The molecule has 3 N–H and O–H groups in total. The van der Waals surface area contributed by atoms with E-state index in [9.17, 15) is 14.7 Å². The fourth-order valence-electron chi connectivity index (χ4n) is 1.69. The lowest BCUT2D eigenvalue weighted by atomic mass is 10.1. The van der Waals surface area contributed by atoms with Gasteiger partial charge < -0.3 is 20.2 Å². The predicted octanol–water partition coefficient (Wildman–Crippen LogP) is 1.90. The number of hydrogen-bond donors (Lipinski definition) is 3. The predicted molar refractivity (Wildman–Crippen MR) is 70.9 cm³/mol. The second-order valence-electron chi connectivity index (χ2n) is 4.14. The molecule has 0 radical (unpaired) electrons. The van der Waals surface area contributed by atoms with E-state index in [4.69, 9.17) is 4.42 Å². The summed E-state index contributed by atoms with van der Waals surface area (Å²) in [5, 5.41) is 14.2. The molecule has 2 rings (SSSR count). The lowest BCUT2D eigenvalue weighted by molar-refractivity contribution is -0.139. The summed E-state index contributed by atoms with van der Waals surface area (Å²) in [4.78, 5) is 22.9. The Morgan fingerprint density at radius 1 is 1.20 bits per heavy atom. The molecule has 20 heavy (non-hydrogen) atoms. The van der Waals surface area contributed by atoms with Crippen LogP contribution in [0.25, 0.3) is 0 Å². The van der Waals surface area contributed by atoms with E-state index in [0.29, 0.717) is 5.56 Å². The van der Waals surface area contributed by atoms with Crippen LogP contribution in [0.15, 0.2) is 53.3 Å². The van der Waals surface area contributed by atoms with Crippen LogP contribution in [0, 0.1) is 0 Å². The Balaban J connectivity index is 1.95. The van der Waals surface area contributed by atoms with E-state index in [0.717, 1.165) is 5.56 Å². The van der Waals surface area contributed by atoms with Gasteiger partial charge in [0.15, 0.2) is 6.04 Å². The van der Waals surface area contributed by atoms with Crippen molar-refractivity contribution >= 4 is 12.0 Å². The van der Waals surface area contributed by atoms with Crippen LogP contribution in [-0.2, 0) is 11.3 Å². The van der Waals surface area contributed by atoms with Crippen molar-refractivity contribution in [1.29, 1.82) is 0 Å². The van der Waals surface area contributed by atoms with Crippen molar-refractivity contribution in [2.45, 2.75) is 12.6 Å². The standard InChI is InChI=1S/C14H14N2O4/c17-13(18)12(11-4-2-1-3-5-11)16-14(19)15-8-10-6-7-20-9-10/h1-7,9,12H,8H2,(H,17,18)(H2,15,16,19)/t12-/m1/s1. The molecule has 6 nitrogen and oxygen atoms in total. The largest absolute Gasteiger partial charge is 0.479 e. The highest BCUT2D eigenvalue weighted by atomic mass is 16.4. The molecule has 2 amide bonds. The van der Waals surface area contributed by atoms with Crippen molar-refractivity contribution in [3.63, 3.8) is 0 Å². The van der Waals surface area contributed by atoms with Crippen LogP contribution in [0.4, 0.5) is 4.79 Å². The summed E-state index contributed by atoms with van der Waals surface area (Å²) in [5.74, 6) is -1.12. The third-order valence-electron chi connectivity index (χ3n) is 2.69. The van der Waals surface area contributed by atoms with E-state index in [2.05, 4.69) is 10.6 Å².